The third kappa shape index (κ3) is 9.29. The predicted molar refractivity (Wildman–Crippen MR) is 128 cm³/mol. The summed E-state index contributed by atoms with van der Waals surface area (Å²) < 4.78 is 9.56. The van der Waals surface area contributed by atoms with Crippen LogP contribution in [0.15, 0.2) is 24.3 Å². The molecule has 10 heteroatoms. The van der Waals surface area contributed by atoms with Crippen LogP contribution < -0.4 is 21.3 Å². The predicted octanol–water partition coefficient (Wildman–Crippen LogP) is 2.46. The molecule has 0 aliphatic carbocycles. The maximum atomic E-state index is 12.3. The molecule has 1 aromatic rings. The van der Waals surface area contributed by atoms with Crippen molar-refractivity contribution >= 4 is 24.0 Å². The number of hydrogen-bond acceptors (Lipinski definition) is 6. The van der Waals surface area contributed by atoms with E-state index in [4.69, 9.17) is 9.47 Å². The van der Waals surface area contributed by atoms with E-state index in [0.29, 0.717) is 0 Å². The Labute approximate surface area is 201 Å². The van der Waals surface area contributed by atoms with Crippen molar-refractivity contribution < 1.29 is 28.7 Å². The summed E-state index contributed by atoms with van der Waals surface area (Å²) in [4.78, 5) is 48.6. The van der Waals surface area contributed by atoms with E-state index in [1.807, 2.05) is 65.8 Å². The summed E-state index contributed by atoms with van der Waals surface area (Å²) in [6.45, 7) is 11.4. The average molecular weight is 479 g/mol. The minimum absolute atomic E-state index is 0.221. The summed E-state index contributed by atoms with van der Waals surface area (Å²) in [7, 11) is 2.55. The molecule has 0 radical (unpaired) electrons. The third-order valence-electron chi connectivity index (χ3n) is 5.05. The van der Waals surface area contributed by atoms with Crippen LogP contribution in [-0.2, 0) is 32.2 Å². The van der Waals surface area contributed by atoms with Crippen LogP contribution in [-0.4, -0.2) is 50.3 Å². The molecule has 0 aliphatic heterocycles. The zero-order valence-corrected chi connectivity index (χ0v) is 21.3. The van der Waals surface area contributed by atoms with E-state index in [1.54, 1.807) is 0 Å². The van der Waals surface area contributed by atoms with E-state index in [1.165, 1.54) is 14.2 Å². The Morgan fingerprint density at radius 1 is 0.735 bits per heavy atom. The Morgan fingerprint density at radius 3 is 1.38 bits per heavy atom. The van der Waals surface area contributed by atoms with Crippen LogP contribution in [0.25, 0.3) is 0 Å². The molecule has 1 rings (SSSR count). The standard InChI is InChI=1S/C24H38N4O6/c1-23(2,3)17(19(29)33-7)27-21(31)25-13-15-10-9-11-16(12-15)14-26-22(32)28-18(20(30)34-8)24(4,5)6/h9-12,17-18H,13-14H2,1-8H3,(H2,25,27,31)(H2,26,28,32). The Hall–Kier alpha value is -3.30. The second kappa shape index (κ2) is 12.2. The average Bonchev–Trinajstić information content (AvgIpc) is 2.76. The third-order valence-corrected chi connectivity index (χ3v) is 5.05. The number of methoxy groups -OCH3 is 2. The highest BCUT2D eigenvalue weighted by atomic mass is 16.5. The van der Waals surface area contributed by atoms with Gasteiger partial charge in [0.2, 0.25) is 0 Å². The molecule has 2 atom stereocenters. The minimum Gasteiger partial charge on any atom is -0.467 e. The smallest absolute Gasteiger partial charge is 0.328 e. The fourth-order valence-corrected chi connectivity index (χ4v) is 3.07. The van der Waals surface area contributed by atoms with Crippen molar-refractivity contribution in [1.29, 1.82) is 0 Å². The summed E-state index contributed by atoms with van der Waals surface area (Å²) in [5.74, 6) is -1.04. The largest absolute Gasteiger partial charge is 0.467 e. The number of benzene rings is 1. The van der Waals surface area contributed by atoms with Crippen LogP contribution in [0.4, 0.5) is 9.59 Å². The number of rotatable bonds is 8. The van der Waals surface area contributed by atoms with Gasteiger partial charge >= 0.3 is 24.0 Å². The zero-order valence-electron chi connectivity index (χ0n) is 21.3. The van der Waals surface area contributed by atoms with E-state index in [0.717, 1.165) is 11.1 Å². The van der Waals surface area contributed by atoms with Crippen LogP contribution in [0.1, 0.15) is 52.7 Å². The maximum absolute atomic E-state index is 12.3. The highest BCUT2D eigenvalue weighted by molar-refractivity contribution is 5.84. The zero-order chi connectivity index (χ0) is 26.1. The second-order valence-electron chi connectivity index (χ2n) is 10.1. The number of urea groups is 2. The van der Waals surface area contributed by atoms with E-state index < -0.39 is 46.9 Å². The molecule has 0 aliphatic rings. The highest BCUT2D eigenvalue weighted by Crippen LogP contribution is 2.21. The number of carbonyl (C=O) groups is 4. The molecule has 190 valence electrons. The van der Waals surface area contributed by atoms with Crippen LogP contribution in [0.2, 0.25) is 0 Å². The first-order chi connectivity index (χ1) is 15.7. The first kappa shape index (κ1) is 28.7. The lowest BCUT2D eigenvalue weighted by atomic mass is 9.87. The van der Waals surface area contributed by atoms with Crippen molar-refractivity contribution in [3.63, 3.8) is 0 Å². The monoisotopic (exact) mass is 478 g/mol. The molecule has 1 aromatic carbocycles. The number of carbonyl (C=O) groups excluding carboxylic acids is 4. The second-order valence-corrected chi connectivity index (χ2v) is 10.1. The molecule has 34 heavy (non-hydrogen) atoms. The van der Waals surface area contributed by atoms with Gasteiger partial charge in [0.05, 0.1) is 14.2 Å². The molecular weight excluding hydrogens is 440 g/mol. The van der Waals surface area contributed by atoms with Gasteiger partial charge in [-0.05, 0) is 22.0 Å². The maximum Gasteiger partial charge on any atom is 0.328 e. The fourth-order valence-electron chi connectivity index (χ4n) is 3.07. The summed E-state index contributed by atoms with van der Waals surface area (Å²) in [6.07, 6.45) is 0. The van der Waals surface area contributed by atoms with Gasteiger partial charge in [0.25, 0.3) is 0 Å². The molecule has 4 amide bonds. The van der Waals surface area contributed by atoms with E-state index in [9.17, 15) is 19.2 Å². The Morgan fingerprint density at radius 2 is 1.09 bits per heavy atom. The summed E-state index contributed by atoms with van der Waals surface area (Å²) in [6, 6.07) is 4.72. The lowest BCUT2D eigenvalue weighted by Gasteiger charge is -2.29. The molecule has 0 heterocycles. The molecule has 0 bridgehead atoms. The lowest BCUT2D eigenvalue weighted by Crippen LogP contribution is -2.52. The number of esters is 2. The molecule has 0 saturated carbocycles. The Bertz CT molecular complexity index is 806. The fraction of sp³-hybridized carbons (Fsp3) is 0.583. The van der Waals surface area contributed by atoms with Crippen molar-refractivity contribution in [2.24, 2.45) is 10.8 Å². The summed E-state index contributed by atoms with van der Waals surface area (Å²) in [5.41, 5.74) is 0.581. The Balaban J connectivity index is 2.67. The van der Waals surface area contributed by atoms with Crippen LogP contribution in [0.5, 0.6) is 0 Å². The van der Waals surface area contributed by atoms with E-state index >= 15 is 0 Å². The van der Waals surface area contributed by atoms with Gasteiger partial charge < -0.3 is 30.7 Å². The van der Waals surface area contributed by atoms with Crippen LogP contribution in [0.3, 0.4) is 0 Å². The van der Waals surface area contributed by atoms with Gasteiger partial charge in [0, 0.05) is 13.1 Å². The molecule has 4 N–H and O–H groups in total. The highest BCUT2D eigenvalue weighted by Gasteiger charge is 2.34. The molecule has 0 saturated heterocycles. The van der Waals surface area contributed by atoms with E-state index in [-0.39, 0.29) is 13.1 Å². The Kier molecular flexibility index (Phi) is 10.3. The minimum atomic E-state index is -0.798. The first-order valence-electron chi connectivity index (χ1n) is 11.0. The van der Waals surface area contributed by atoms with Gasteiger partial charge in [-0.3, -0.25) is 0 Å². The topological polar surface area (TPSA) is 135 Å². The molecule has 2 unspecified atom stereocenters. The lowest BCUT2D eigenvalue weighted by molar-refractivity contribution is -0.146. The van der Waals surface area contributed by atoms with Gasteiger partial charge in [-0.1, -0.05) is 65.8 Å². The van der Waals surface area contributed by atoms with Crippen LogP contribution in [0, 0.1) is 10.8 Å². The molecule has 0 spiro atoms. The quantitative estimate of drug-likeness (QED) is 0.424. The number of nitrogens with one attached hydrogen (secondary N) is 4. The number of ether oxygens (including phenoxy) is 2. The number of hydrogen-bond donors (Lipinski definition) is 4. The van der Waals surface area contributed by atoms with Crippen LogP contribution >= 0.6 is 0 Å². The molecular formula is C24H38N4O6. The summed E-state index contributed by atoms with van der Waals surface area (Å²) >= 11 is 0. The van der Waals surface area contributed by atoms with Gasteiger partial charge in [-0.15, -0.1) is 0 Å². The normalized spacial score (nSPS) is 13.2. The van der Waals surface area contributed by atoms with Gasteiger partial charge in [-0.2, -0.15) is 0 Å². The van der Waals surface area contributed by atoms with Crippen molar-refractivity contribution in [1.82, 2.24) is 21.3 Å². The van der Waals surface area contributed by atoms with Crippen molar-refractivity contribution in [3.8, 4) is 0 Å². The molecule has 0 fully saturated rings. The number of amides is 4. The molecule has 10 nitrogen and oxygen atoms in total. The van der Waals surface area contributed by atoms with Gasteiger partial charge in [0.1, 0.15) is 12.1 Å². The van der Waals surface area contributed by atoms with Gasteiger partial charge in [0.15, 0.2) is 0 Å². The summed E-state index contributed by atoms with van der Waals surface area (Å²) in [5, 5.41) is 10.7. The van der Waals surface area contributed by atoms with Gasteiger partial charge in [-0.25, -0.2) is 19.2 Å². The van der Waals surface area contributed by atoms with Crippen molar-refractivity contribution in [3.05, 3.63) is 35.4 Å². The first-order valence-corrected chi connectivity index (χ1v) is 11.0. The molecule has 0 aromatic heterocycles. The van der Waals surface area contributed by atoms with E-state index in [2.05, 4.69) is 21.3 Å². The SMILES string of the molecule is COC(=O)C(NC(=O)NCc1cccc(CNC(=O)NC(C(=O)OC)C(C)(C)C)c1)C(C)(C)C. The van der Waals surface area contributed by atoms with Crippen molar-refractivity contribution in [2.45, 2.75) is 66.7 Å². The van der Waals surface area contributed by atoms with Crippen molar-refractivity contribution in [2.75, 3.05) is 14.2 Å².